The van der Waals surface area contributed by atoms with Crippen molar-refractivity contribution in [2.24, 2.45) is 0 Å². The van der Waals surface area contributed by atoms with Gasteiger partial charge in [0.1, 0.15) is 0 Å². The summed E-state index contributed by atoms with van der Waals surface area (Å²) in [5, 5.41) is 39.0. The van der Waals surface area contributed by atoms with E-state index < -0.39 is 48.8 Å². The number of rotatable bonds is 8. The van der Waals surface area contributed by atoms with Crippen LogP contribution in [0.2, 0.25) is 0 Å². The molecule has 0 fully saturated rings. The zero-order chi connectivity index (χ0) is 16.3. The first-order valence-corrected chi connectivity index (χ1v) is 5.31. The number of carboxylic acids is 4. The average molecular weight is 354 g/mol. The molecular weight excluding hydrogens is 340 g/mol. The van der Waals surface area contributed by atoms with E-state index in [1.807, 2.05) is 0 Å². The van der Waals surface area contributed by atoms with Crippen LogP contribution >= 0.6 is 0 Å². The molecule has 2 N–H and O–H groups in total. The Labute approximate surface area is 133 Å². The standard InChI is InChI=1S/2C5H8NO4.Cu/c2*6-3(5(9)10)1-2-4(7)8;/h2*3,6H,1-2H2,(H,7,8)(H,9,10);/q2*-1;+2/p-2. The van der Waals surface area contributed by atoms with Gasteiger partial charge < -0.3 is 51.1 Å². The predicted molar refractivity (Wildman–Crippen MR) is 56.9 cm³/mol. The number of nitrogens with one attached hydrogen (secondary N) is 2. The number of carbonyl (C=O) groups excluding carboxylic acids is 4. The molecule has 2 unspecified atom stereocenters. The summed E-state index contributed by atoms with van der Waals surface area (Å²) in [5.74, 6) is -5.81. The minimum absolute atomic E-state index is 0. The molecule has 11 heteroatoms. The van der Waals surface area contributed by atoms with Crippen molar-refractivity contribution in [2.75, 3.05) is 0 Å². The van der Waals surface area contributed by atoms with Gasteiger partial charge in [0.05, 0.1) is 0 Å². The molecule has 0 aliphatic heterocycles. The van der Waals surface area contributed by atoms with Crippen molar-refractivity contribution in [2.45, 2.75) is 37.8 Å². The summed E-state index contributed by atoms with van der Waals surface area (Å²) in [4.78, 5) is 39.0. The molecule has 0 amide bonds. The van der Waals surface area contributed by atoms with E-state index in [4.69, 9.17) is 11.5 Å². The largest absolute Gasteiger partial charge is 2.00 e. The molecule has 0 saturated heterocycles. The molecule has 1 radical (unpaired) electrons. The number of carboxylic acid groups (broad SMARTS) is 4. The van der Waals surface area contributed by atoms with E-state index in [-0.39, 0.29) is 32.8 Å². The Morgan fingerprint density at radius 1 is 0.762 bits per heavy atom. The Bertz CT molecular complexity index is 339. The van der Waals surface area contributed by atoms with Crippen molar-refractivity contribution in [3.63, 3.8) is 0 Å². The SMILES string of the molecule is [Cu+2].[H+].[H+].[NH-]C(CCC(=O)[O-])C(=O)[O-].[NH-]C(CCC(=O)[O-])C(=O)[O-]. The maximum absolute atomic E-state index is 9.80. The van der Waals surface area contributed by atoms with Gasteiger partial charge in [0.15, 0.2) is 0 Å². The molecule has 2 atom stereocenters. The molecule has 0 bridgehead atoms. The summed E-state index contributed by atoms with van der Waals surface area (Å²) in [6.07, 6.45) is -1.35. The average Bonchev–Trinajstić information content (AvgIpc) is 2.33. The Kier molecular flexibility index (Phi) is 15.4. The van der Waals surface area contributed by atoms with E-state index in [1.165, 1.54) is 0 Å². The summed E-state index contributed by atoms with van der Waals surface area (Å²) in [6, 6.07) is -2.92. The fourth-order valence-corrected chi connectivity index (χ4v) is 0.760. The van der Waals surface area contributed by atoms with Gasteiger partial charge in [-0.1, -0.05) is 24.9 Å². The van der Waals surface area contributed by atoms with Crippen LogP contribution in [0.25, 0.3) is 11.5 Å². The third-order valence-electron chi connectivity index (χ3n) is 1.84. The summed E-state index contributed by atoms with van der Waals surface area (Å²) < 4.78 is 0. The molecule has 0 spiro atoms. The third kappa shape index (κ3) is 18.3. The Morgan fingerprint density at radius 3 is 1.14 bits per heavy atom. The maximum Gasteiger partial charge on any atom is 2.00 e. The summed E-state index contributed by atoms with van der Waals surface area (Å²) >= 11 is 0. The Balaban J connectivity index is -0.0000000831. The van der Waals surface area contributed by atoms with Crippen molar-refractivity contribution >= 4 is 23.9 Å². The van der Waals surface area contributed by atoms with E-state index in [0.29, 0.717) is 0 Å². The predicted octanol–water partition coefficient (Wildman–Crippen LogP) is -4.40. The second-order valence-electron chi connectivity index (χ2n) is 3.56. The van der Waals surface area contributed by atoms with Crippen molar-refractivity contribution in [3.8, 4) is 0 Å². The zero-order valence-corrected chi connectivity index (χ0v) is 11.5. The minimum atomic E-state index is -1.55. The molecule has 0 rings (SSSR count). The van der Waals surface area contributed by atoms with Crippen molar-refractivity contribution in [1.29, 1.82) is 0 Å². The molecule has 0 aromatic rings. The molecule has 0 saturated carbocycles. The number of hydrogen-bond acceptors (Lipinski definition) is 8. The Morgan fingerprint density at radius 2 is 1.00 bits per heavy atom. The van der Waals surface area contributed by atoms with Gasteiger partial charge in [-0.05, 0) is 12.8 Å². The van der Waals surface area contributed by atoms with Crippen LogP contribution in [0.15, 0.2) is 0 Å². The molecule has 0 heterocycles. The van der Waals surface area contributed by atoms with Gasteiger partial charge in [-0.3, -0.25) is 0 Å². The van der Waals surface area contributed by atoms with E-state index in [2.05, 4.69) is 0 Å². The molecule has 0 aliphatic carbocycles. The first kappa shape index (κ1) is 24.3. The van der Waals surface area contributed by atoms with Crippen LogP contribution in [-0.4, -0.2) is 36.0 Å². The second-order valence-corrected chi connectivity index (χ2v) is 3.56. The fraction of sp³-hybridized carbons (Fsp3) is 0.600. The smallest absolute Gasteiger partial charge is 0.670 e. The van der Waals surface area contributed by atoms with Crippen LogP contribution in [0.1, 0.15) is 28.5 Å². The van der Waals surface area contributed by atoms with Crippen LogP contribution in [0.5, 0.6) is 0 Å². The molecule has 125 valence electrons. The molecule has 0 aromatic heterocycles. The van der Waals surface area contributed by atoms with Gasteiger partial charge in [0.2, 0.25) is 0 Å². The number of carbonyl (C=O) groups is 4. The van der Waals surface area contributed by atoms with Gasteiger partial charge in [-0.15, -0.1) is 0 Å². The van der Waals surface area contributed by atoms with Crippen molar-refractivity contribution < 1.29 is 59.5 Å². The zero-order valence-electron chi connectivity index (χ0n) is 12.6. The van der Waals surface area contributed by atoms with Crippen LogP contribution < -0.4 is 20.4 Å². The molecule has 10 nitrogen and oxygen atoms in total. The van der Waals surface area contributed by atoms with E-state index in [9.17, 15) is 39.6 Å². The minimum Gasteiger partial charge on any atom is -0.670 e. The quantitative estimate of drug-likeness (QED) is 0.388. The van der Waals surface area contributed by atoms with Crippen LogP contribution in [-0.2, 0) is 36.2 Å². The van der Waals surface area contributed by atoms with Gasteiger partial charge in [0, 0.05) is 23.9 Å². The van der Waals surface area contributed by atoms with Crippen molar-refractivity contribution in [1.82, 2.24) is 0 Å². The van der Waals surface area contributed by atoms with Gasteiger partial charge in [-0.25, -0.2) is 0 Å². The summed E-state index contributed by atoms with van der Waals surface area (Å²) in [6.45, 7) is 0. The van der Waals surface area contributed by atoms with Gasteiger partial charge in [-0.2, -0.15) is 0 Å². The molecular formula is C10H14CuN2O8-2. The number of hydrogen-bond donors (Lipinski definition) is 0. The normalized spacial score (nSPS) is 11.9. The fourth-order valence-electron chi connectivity index (χ4n) is 0.760. The monoisotopic (exact) mass is 353 g/mol. The summed E-state index contributed by atoms with van der Waals surface area (Å²) in [7, 11) is 0. The summed E-state index contributed by atoms with van der Waals surface area (Å²) in [5.41, 5.74) is 13.3. The van der Waals surface area contributed by atoms with Crippen molar-refractivity contribution in [3.05, 3.63) is 11.5 Å². The van der Waals surface area contributed by atoms with E-state index in [1.54, 1.807) is 0 Å². The number of aliphatic carboxylic acids is 4. The first-order chi connectivity index (χ1) is 9.07. The first-order valence-electron chi connectivity index (χ1n) is 5.31. The van der Waals surface area contributed by atoms with Crippen LogP contribution in [0.4, 0.5) is 0 Å². The second kappa shape index (κ2) is 13.3. The molecule has 21 heavy (non-hydrogen) atoms. The van der Waals surface area contributed by atoms with E-state index >= 15 is 0 Å². The maximum atomic E-state index is 9.80. The topological polar surface area (TPSA) is 208 Å². The van der Waals surface area contributed by atoms with E-state index in [0.717, 1.165) is 0 Å². The molecule has 0 aliphatic rings. The third-order valence-corrected chi connectivity index (χ3v) is 1.84. The van der Waals surface area contributed by atoms with Crippen LogP contribution in [0, 0.1) is 0 Å². The Hall–Kier alpha value is -1.68. The van der Waals surface area contributed by atoms with Gasteiger partial charge >= 0.3 is 19.9 Å². The molecule has 0 aromatic carbocycles. The van der Waals surface area contributed by atoms with Crippen LogP contribution in [0.3, 0.4) is 0 Å². The van der Waals surface area contributed by atoms with Gasteiger partial charge in [0.25, 0.3) is 0 Å².